The number of nitrogens with one attached hydrogen (secondary N) is 1. The Bertz CT molecular complexity index is 662. The van der Waals surface area contributed by atoms with Gasteiger partial charge in [-0.15, -0.1) is 0 Å². The number of sulfonamides is 1. The molecule has 102 valence electrons. The zero-order valence-corrected chi connectivity index (χ0v) is 11.2. The molecule has 1 saturated heterocycles. The summed E-state index contributed by atoms with van der Waals surface area (Å²) in [5.74, 6) is 0. The number of imidazole rings is 1. The molecule has 3 rings (SSSR count). The van der Waals surface area contributed by atoms with Gasteiger partial charge in [-0.25, -0.2) is 13.4 Å². The van der Waals surface area contributed by atoms with Crippen molar-refractivity contribution in [3.63, 3.8) is 0 Å². The van der Waals surface area contributed by atoms with Crippen LogP contribution < -0.4 is 5.73 Å². The lowest BCUT2D eigenvalue weighted by Gasteiger charge is -2.28. The van der Waals surface area contributed by atoms with Gasteiger partial charge in [0.15, 0.2) is 0 Å². The summed E-state index contributed by atoms with van der Waals surface area (Å²) in [6.07, 6.45) is 1.66. The zero-order valence-electron chi connectivity index (χ0n) is 10.4. The van der Waals surface area contributed by atoms with Gasteiger partial charge < -0.3 is 10.7 Å². The van der Waals surface area contributed by atoms with E-state index in [1.807, 2.05) is 18.2 Å². The molecule has 1 aromatic heterocycles. The average Bonchev–Trinajstić information content (AvgIpc) is 2.83. The normalized spacial score (nSPS) is 21.8. The van der Waals surface area contributed by atoms with Gasteiger partial charge in [0.2, 0.25) is 5.16 Å². The van der Waals surface area contributed by atoms with E-state index in [9.17, 15) is 8.42 Å². The first-order valence-corrected chi connectivity index (χ1v) is 7.72. The van der Waals surface area contributed by atoms with Crippen LogP contribution in [-0.2, 0) is 10.0 Å². The van der Waals surface area contributed by atoms with Gasteiger partial charge in [-0.2, -0.15) is 4.31 Å². The van der Waals surface area contributed by atoms with Crippen molar-refractivity contribution in [2.45, 2.75) is 24.0 Å². The largest absolute Gasteiger partial charge is 0.328 e. The molecular weight excluding hydrogens is 264 g/mol. The average molecular weight is 280 g/mol. The molecule has 1 atom stereocenters. The van der Waals surface area contributed by atoms with Gasteiger partial charge in [-0.3, -0.25) is 0 Å². The summed E-state index contributed by atoms with van der Waals surface area (Å²) in [6, 6.07) is 7.17. The number of hydrogen-bond donors (Lipinski definition) is 2. The number of aromatic amines is 1. The molecule has 1 fully saturated rings. The van der Waals surface area contributed by atoms with Crippen molar-refractivity contribution < 1.29 is 8.42 Å². The second kappa shape index (κ2) is 4.59. The molecule has 1 aromatic carbocycles. The van der Waals surface area contributed by atoms with Crippen LogP contribution in [-0.4, -0.2) is 41.8 Å². The number of hydrogen-bond acceptors (Lipinski definition) is 4. The van der Waals surface area contributed by atoms with Crippen molar-refractivity contribution in [1.29, 1.82) is 0 Å². The van der Waals surface area contributed by atoms with Gasteiger partial charge in [-0.05, 0) is 25.0 Å². The number of nitrogens with two attached hydrogens (primary N) is 1. The Morgan fingerprint density at radius 2 is 2.16 bits per heavy atom. The number of rotatable bonds is 2. The van der Waals surface area contributed by atoms with Gasteiger partial charge in [0.25, 0.3) is 10.0 Å². The van der Waals surface area contributed by atoms with Gasteiger partial charge in [0, 0.05) is 19.1 Å². The van der Waals surface area contributed by atoms with Crippen LogP contribution >= 0.6 is 0 Å². The molecule has 19 heavy (non-hydrogen) atoms. The molecule has 7 heteroatoms. The van der Waals surface area contributed by atoms with Crippen molar-refractivity contribution in [3.8, 4) is 0 Å². The van der Waals surface area contributed by atoms with E-state index in [2.05, 4.69) is 9.97 Å². The van der Waals surface area contributed by atoms with Gasteiger partial charge >= 0.3 is 0 Å². The summed E-state index contributed by atoms with van der Waals surface area (Å²) in [5, 5.41) is 0.00259. The van der Waals surface area contributed by atoms with Crippen molar-refractivity contribution in [3.05, 3.63) is 24.3 Å². The maximum absolute atomic E-state index is 12.5. The SMILES string of the molecule is NC1CCCN(S(=O)(=O)c2nc3ccccc3[nH]2)C1. The third kappa shape index (κ3) is 2.24. The van der Waals surface area contributed by atoms with Crippen LogP contribution in [0.25, 0.3) is 11.0 Å². The summed E-state index contributed by atoms with van der Waals surface area (Å²) in [5.41, 5.74) is 7.22. The molecule has 0 aliphatic carbocycles. The standard InChI is InChI=1S/C12H16N4O2S/c13-9-4-3-7-16(8-9)19(17,18)12-14-10-5-1-2-6-11(10)15-12/h1-2,5-6,9H,3-4,7-8,13H2,(H,14,15). The molecule has 0 spiro atoms. The lowest BCUT2D eigenvalue weighted by Crippen LogP contribution is -2.45. The van der Waals surface area contributed by atoms with Gasteiger partial charge in [-0.1, -0.05) is 12.1 Å². The Morgan fingerprint density at radius 3 is 2.89 bits per heavy atom. The topological polar surface area (TPSA) is 92.1 Å². The first kappa shape index (κ1) is 12.6. The Kier molecular flexibility index (Phi) is 3.04. The van der Waals surface area contributed by atoms with Crippen LogP contribution in [0, 0.1) is 0 Å². The van der Waals surface area contributed by atoms with E-state index in [1.54, 1.807) is 6.07 Å². The van der Waals surface area contributed by atoms with Crippen LogP contribution in [0.1, 0.15) is 12.8 Å². The van der Waals surface area contributed by atoms with E-state index in [0.717, 1.165) is 18.4 Å². The van der Waals surface area contributed by atoms with Crippen LogP contribution in [0.3, 0.4) is 0 Å². The minimum Gasteiger partial charge on any atom is -0.328 e. The Balaban J connectivity index is 1.99. The van der Waals surface area contributed by atoms with Crippen LogP contribution in [0.2, 0.25) is 0 Å². The molecule has 3 N–H and O–H groups in total. The highest BCUT2D eigenvalue weighted by Crippen LogP contribution is 2.20. The number of para-hydroxylation sites is 2. The Labute approximate surface area is 111 Å². The lowest BCUT2D eigenvalue weighted by atomic mass is 10.1. The van der Waals surface area contributed by atoms with Crippen molar-refractivity contribution in [2.24, 2.45) is 5.73 Å². The van der Waals surface area contributed by atoms with Gasteiger partial charge in [0.1, 0.15) is 0 Å². The molecule has 0 radical (unpaired) electrons. The number of nitrogens with zero attached hydrogens (tertiary/aromatic N) is 2. The van der Waals surface area contributed by atoms with Gasteiger partial charge in [0.05, 0.1) is 11.0 Å². The number of aromatic nitrogens is 2. The third-order valence-electron chi connectivity index (χ3n) is 3.37. The molecule has 0 bridgehead atoms. The van der Waals surface area contributed by atoms with E-state index in [-0.39, 0.29) is 11.2 Å². The first-order valence-electron chi connectivity index (χ1n) is 6.28. The summed E-state index contributed by atoms with van der Waals surface area (Å²) < 4.78 is 26.4. The molecule has 2 heterocycles. The maximum atomic E-state index is 12.5. The first-order chi connectivity index (χ1) is 9.07. The zero-order chi connectivity index (χ0) is 13.5. The monoisotopic (exact) mass is 280 g/mol. The lowest BCUT2D eigenvalue weighted by molar-refractivity contribution is 0.314. The fourth-order valence-electron chi connectivity index (χ4n) is 2.37. The van der Waals surface area contributed by atoms with E-state index in [0.29, 0.717) is 18.6 Å². The van der Waals surface area contributed by atoms with Crippen molar-refractivity contribution in [1.82, 2.24) is 14.3 Å². The van der Waals surface area contributed by atoms with E-state index < -0.39 is 10.0 Å². The molecule has 0 amide bonds. The van der Waals surface area contributed by atoms with E-state index in [4.69, 9.17) is 5.73 Å². The Hall–Kier alpha value is -1.44. The number of piperidine rings is 1. The fraction of sp³-hybridized carbons (Fsp3) is 0.417. The molecule has 1 aliphatic heterocycles. The maximum Gasteiger partial charge on any atom is 0.276 e. The molecule has 1 unspecified atom stereocenters. The smallest absolute Gasteiger partial charge is 0.276 e. The third-order valence-corrected chi connectivity index (χ3v) is 5.07. The molecule has 1 aliphatic rings. The second-order valence-electron chi connectivity index (χ2n) is 4.82. The Morgan fingerprint density at radius 1 is 1.37 bits per heavy atom. The minimum absolute atomic E-state index is 0.00259. The van der Waals surface area contributed by atoms with Crippen molar-refractivity contribution >= 4 is 21.1 Å². The summed E-state index contributed by atoms with van der Waals surface area (Å²) in [4.78, 5) is 7.03. The highest BCUT2D eigenvalue weighted by Gasteiger charge is 2.31. The molecule has 2 aromatic rings. The molecule has 0 saturated carbocycles. The van der Waals surface area contributed by atoms with Crippen LogP contribution in [0.5, 0.6) is 0 Å². The number of benzene rings is 1. The fourth-order valence-corrected chi connectivity index (χ4v) is 3.82. The molecule has 6 nitrogen and oxygen atoms in total. The highest BCUT2D eigenvalue weighted by molar-refractivity contribution is 7.89. The quantitative estimate of drug-likeness (QED) is 0.846. The summed E-state index contributed by atoms with van der Waals surface area (Å²) >= 11 is 0. The van der Waals surface area contributed by atoms with Crippen LogP contribution in [0.15, 0.2) is 29.4 Å². The highest BCUT2D eigenvalue weighted by atomic mass is 32.2. The number of H-pyrrole nitrogens is 1. The van der Waals surface area contributed by atoms with E-state index >= 15 is 0 Å². The van der Waals surface area contributed by atoms with Crippen LogP contribution in [0.4, 0.5) is 0 Å². The van der Waals surface area contributed by atoms with Crippen molar-refractivity contribution in [2.75, 3.05) is 13.1 Å². The van der Waals surface area contributed by atoms with E-state index in [1.165, 1.54) is 4.31 Å². The molecular formula is C12H16N4O2S. The summed E-state index contributed by atoms with van der Waals surface area (Å²) in [6.45, 7) is 0.868. The number of fused-ring (bicyclic) bond motifs is 1. The predicted molar refractivity (Wildman–Crippen MR) is 72.1 cm³/mol. The minimum atomic E-state index is -3.57. The predicted octanol–water partition coefficient (Wildman–Crippen LogP) is 0.675. The summed E-state index contributed by atoms with van der Waals surface area (Å²) in [7, 11) is -3.57. The second-order valence-corrected chi connectivity index (χ2v) is 6.68.